The van der Waals surface area contributed by atoms with Crippen LogP contribution in [0.15, 0.2) is 42.5 Å². The highest BCUT2D eigenvalue weighted by atomic mass is 16.5. The molecular formula is C25H34N2O4. The number of aliphatic hydroxyl groups excluding tert-OH is 1. The Hall–Kier alpha value is -2.57. The van der Waals surface area contributed by atoms with Crippen molar-refractivity contribution in [1.29, 1.82) is 0 Å². The van der Waals surface area contributed by atoms with E-state index in [1.807, 2.05) is 43.0 Å². The largest absolute Gasteiger partial charge is 0.508 e. The lowest BCUT2D eigenvalue weighted by atomic mass is 9.98. The van der Waals surface area contributed by atoms with E-state index in [9.17, 15) is 15.0 Å². The van der Waals surface area contributed by atoms with Crippen molar-refractivity contribution in [2.45, 2.75) is 51.7 Å². The number of aromatic hydroxyl groups is 1. The molecule has 168 valence electrons. The standard InChI is InChI=1S/C25H34N2O4/c1-18-16-21(28)8-11-23(18)25(30)19(2)26-13-12-20-6-9-22(10-7-20)31-17-24(29)27-14-4-3-5-15-27/h6-11,16,19,25-26,28,30H,3-5,12-15,17H2,1-2H3/t19-,25-/m0/s1. The molecule has 1 heterocycles. The van der Waals surface area contributed by atoms with E-state index in [1.54, 1.807) is 18.2 Å². The minimum Gasteiger partial charge on any atom is -0.508 e. The van der Waals surface area contributed by atoms with Gasteiger partial charge < -0.3 is 25.2 Å². The molecule has 31 heavy (non-hydrogen) atoms. The van der Waals surface area contributed by atoms with Gasteiger partial charge in [0.1, 0.15) is 11.5 Å². The van der Waals surface area contributed by atoms with Gasteiger partial charge in [-0.3, -0.25) is 4.79 Å². The van der Waals surface area contributed by atoms with E-state index in [0.717, 1.165) is 55.6 Å². The van der Waals surface area contributed by atoms with Crippen molar-refractivity contribution in [3.63, 3.8) is 0 Å². The molecule has 0 spiro atoms. The molecule has 0 aromatic heterocycles. The van der Waals surface area contributed by atoms with Gasteiger partial charge in [0.25, 0.3) is 5.91 Å². The molecule has 3 rings (SSSR count). The molecule has 3 N–H and O–H groups in total. The predicted octanol–water partition coefficient (Wildman–Crippen LogP) is 3.35. The third-order valence-corrected chi connectivity index (χ3v) is 5.92. The van der Waals surface area contributed by atoms with Crippen molar-refractivity contribution in [3.05, 3.63) is 59.2 Å². The van der Waals surface area contributed by atoms with Crippen LogP contribution >= 0.6 is 0 Å². The van der Waals surface area contributed by atoms with Crippen LogP contribution in [0.4, 0.5) is 0 Å². The van der Waals surface area contributed by atoms with Crippen LogP contribution in [-0.2, 0) is 11.2 Å². The maximum Gasteiger partial charge on any atom is 0.260 e. The number of rotatable bonds is 9. The summed E-state index contributed by atoms with van der Waals surface area (Å²) in [6.07, 6.45) is 3.54. The van der Waals surface area contributed by atoms with Crippen LogP contribution in [-0.4, -0.2) is 53.3 Å². The number of aliphatic hydroxyl groups is 1. The Kier molecular flexibility index (Phi) is 8.32. The van der Waals surface area contributed by atoms with Crippen LogP contribution in [0.1, 0.15) is 49.0 Å². The molecule has 1 fully saturated rings. The van der Waals surface area contributed by atoms with Gasteiger partial charge in [-0.05, 0) is 87.0 Å². The molecule has 1 aliphatic heterocycles. The van der Waals surface area contributed by atoms with Crippen molar-refractivity contribution in [2.24, 2.45) is 0 Å². The van der Waals surface area contributed by atoms with Gasteiger partial charge in [0.05, 0.1) is 6.10 Å². The fraction of sp³-hybridized carbons (Fsp3) is 0.480. The SMILES string of the molecule is Cc1cc(O)ccc1[C@@H](O)[C@H](C)NCCc1ccc(OCC(=O)N2CCCCC2)cc1. The van der Waals surface area contributed by atoms with Gasteiger partial charge in [0, 0.05) is 19.1 Å². The summed E-state index contributed by atoms with van der Waals surface area (Å²) in [4.78, 5) is 14.1. The van der Waals surface area contributed by atoms with Crippen LogP contribution in [0, 0.1) is 6.92 Å². The number of amides is 1. The molecule has 0 bridgehead atoms. The number of hydrogen-bond acceptors (Lipinski definition) is 5. The molecule has 6 heteroatoms. The van der Waals surface area contributed by atoms with Crippen molar-refractivity contribution in [3.8, 4) is 11.5 Å². The molecule has 6 nitrogen and oxygen atoms in total. The first-order chi connectivity index (χ1) is 14.9. The lowest BCUT2D eigenvalue weighted by molar-refractivity contribution is -0.134. The number of benzene rings is 2. The van der Waals surface area contributed by atoms with Gasteiger partial charge in [-0.2, -0.15) is 0 Å². The summed E-state index contributed by atoms with van der Waals surface area (Å²) < 4.78 is 5.66. The molecule has 1 aliphatic rings. The zero-order chi connectivity index (χ0) is 22.2. The van der Waals surface area contributed by atoms with E-state index in [4.69, 9.17) is 4.74 Å². The van der Waals surface area contributed by atoms with Gasteiger partial charge in [0.15, 0.2) is 6.61 Å². The molecule has 2 atom stereocenters. The average molecular weight is 427 g/mol. The van der Waals surface area contributed by atoms with E-state index in [0.29, 0.717) is 5.75 Å². The minimum atomic E-state index is -0.645. The van der Waals surface area contributed by atoms with Crippen LogP contribution in [0.2, 0.25) is 0 Å². The molecule has 1 amide bonds. The molecule has 2 aromatic carbocycles. The Bertz CT molecular complexity index is 847. The summed E-state index contributed by atoms with van der Waals surface area (Å²) in [6, 6.07) is 12.7. The zero-order valence-corrected chi connectivity index (χ0v) is 18.5. The summed E-state index contributed by atoms with van der Waals surface area (Å²) in [5, 5.41) is 23.5. The Morgan fingerprint density at radius 2 is 1.84 bits per heavy atom. The number of hydrogen-bond donors (Lipinski definition) is 3. The maximum atomic E-state index is 12.2. The summed E-state index contributed by atoms with van der Waals surface area (Å²) in [5.41, 5.74) is 2.85. The minimum absolute atomic E-state index is 0.0596. The van der Waals surface area contributed by atoms with Gasteiger partial charge >= 0.3 is 0 Å². The summed E-state index contributed by atoms with van der Waals surface area (Å²) >= 11 is 0. The first kappa shape index (κ1) is 23.1. The summed E-state index contributed by atoms with van der Waals surface area (Å²) in [5.74, 6) is 0.968. The van der Waals surface area contributed by atoms with Crippen LogP contribution < -0.4 is 10.1 Å². The molecule has 0 saturated carbocycles. The quantitative estimate of drug-likeness (QED) is 0.573. The number of aryl methyl sites for hydroxylation is 1. The van der Waals surface area contributed by atoms with Crippen LogP contribution in [0.25, 0.3) is 0 Å². The topological polar surface area (TPSA) is 82.0 Å². The van der Waals surface area contributed by atoms with Crippen LogP contribution in [0.5, 0.6) is 11.5 Å². The van der Waals surface area contributed by atoms with Crippen LogP contribution in [0.3, 0.4) is 0 Å². The lowest BCUT2D eigenvalue weighted by Crippen LogP contribution is -2.38. The Morgan fingerprint density at radius 1 is 1.13 bits per heavy atom. The van der Waals surface area contributed by atoms with Crippen molar-refractivity contribution in [2.75, 3.05) is 26.2 Å². The second-order valence-corrected chi connectivity index (χ2v) is 8.35. The molecular weight excluding hydrogens is 392 g/mol. The Morgan fingerprint density at radius 3 is 2.52 bits per heavy atom. The maximum absolute atomic E-state index is 12.2. The van der Waals surface area contributed by atoms with E-state index < -0.39 is 6.10 Å². The number of carbonyl (C=O) groups excluding carboxylic acids is 1. The summed E-state index contributed by atoms with van der Waals surface area (Å²) in [6.45, 7) is 6.33. The van der Waals surface area contributed by atoms with Crippen molar-refractivity contribution < 1.29 is 19.7 Å². The van der Waals surface area contributed by atoms with Gasteiger partial charge in [-0.15, -0.1) is 0 Å². The Labute approximate surface area is 184 Å². The average Bonchev–Trinajstić information content (AvgIpc) is 2.78. The van der Waals surface area contributed by atoms with Gasteiger partial charge in [0.2, 0.25) is 0 Å². The highest BCUT2D eigenvalue weighted by Crippen LogP contribution is 2.24. The van der Waals surface area contributed by atoms with Crippen molar-refractivity contribution in [1.82, 2.24) is 10.2 Å². The second kappa shape index (κ2) is 11.2. The number of nitrogens with zero attached hydrogens (tertiary/aromatic N) is 1. The highest BCUT2D eigenvalue weighted by molar-refractivity contribution is 5.77. The molecule has 2 aromatic rings. The van der Waals surface area contributed by atoms with Crippen molar-refractivity contribution >= 4 is 5.91 Å². The smallest absolute Gasteiger partial charge is 0.260 e. The number of ether oxygens (including phenoxy) is 1. The Balaban J connectivity index is 1.41. The zero-order valence-electron chi connectivity index (χ0n) is 18.5. The molecule has 0 unspecified atom stereocenters. The van der Waals surface area contributed by atoms with Gasteiger partial charge in [-0.25, -0.2) is 0 Å². The first-order valence-electron chi connectivity index (χ1n) is 11.1. The number of phenolic OH excluding ortho intramolecular Hbond substituents is 1. The fourth-order valence-electron chi connectivity index (χ4n) is 3.95. The predicted molar refractivity (Wildman–Crippen MR) is 121 cm³/mol. The lowest BCUT2D eigenvalue weighted by Gasteiger charge is -2.26. The van der Waals surface area contributed by atoms with Gasteiger partial charge in [-0.1, -0.05) is 18.2 Å². The van der Waals surface area contributed by atoms with E-state index in [-0.39, 0.29) is 24.3 Å². The van der Waals surface area contributed by atoms with E-state index in [1.165, 1.54) is 6.42 Å². The second-order valence-electron chi connectivity index (χ2n) is 8.35. The molecule has 0 aliphatic carbocycles. The number of nitrogens with one attached hydrogen (secondary N) is 1. The fourth-order valence-corrected chi connectivity index (χ4v) is 3.95. The number of likely N-dealkylation sites (tertiary alicyclic amines) is 1. The normalized spacial score (nSPS) is 16.0. The van der Waals surface area contributed by atoms with E-state index >= 15 is 0 Å². The number of piperidine rings is 1. The third kappa shape index (κ3) is 6.71. The number of carbonyl (C=O) groups is 1. The monoisotopic (exact) mass is 426 g/mol. The number of phenols is 1. The third-order valence-electron chi connectivity index (χ3n) is 5.92. The highest BCUT2D eigenvalue weighted by Gasteiger charge is 2.18. The molecule has 0 radical (unpaired) electrons. The van der Waals surface area contributed by atoms with E-state index in [2.05, 4.69) is 5.32 Å². The first-order valence-corrected chi connectivity index (χ1v) is 11.1. The molecule has 1 saturated heterocycles. The summed E-state index contributed by atoms with van der Waals surface area (Å²) in [7, 11) is 0.